The molecule has 5 aromatic carbocycles. The van der Waals surface area contributed by atoms with E-state index < -0.39 is 11.9 Å². The van der Waals surface area contributed by atoms with Crippen molar-refractivity contribution in [2.75, 3.05) is 26.8 Å². The molecule has 0 bridgehead atoms. The van der Waals surface area contributed by atoms with Crippen LogP contribution in [0.25, 0.3) is 21.5 Å². The Morgan fingerprint density at radius 3 is 1.94 bits per heavy atom. The highest BCUT2D eigenvalue weighted by Gasteiger charge is 2.14. The van der Waals surface area contributed by atoms with Gasteiger partial charge in [-0.1, -0.05) is 50.8 Å². The lowest BCUT2D eigenvalue weighted by Crippen LogP contribution is -2.10. The fraction of sp³-hybridized carbons (Fsp3) is 0.220. The molecule has 9 heteroatoms. The molecule has 258 valence electrons. The maximum Gasteiger partial charge on any atom is 0.343 e. The van der Waals surface area contributed by atoms with Gasteiger partial charge in [0.05, 0.1) is 25.0 Å². The summed E-state index contributed by atoms with van der Waals surface area (Å²) in [6, 6.07) is 27.5. The van der Waals surface area contributed by atoms with Crippen LogP contribution in [-0.4, -0.2) is 38.7 Å². The van der Waals surface area contributed by atoms with Gasteiger partial charge in [-0.2, -0.15) is 0 Å². The van der Waals surface area contributed by atoms with E-state index >= 15 is 0 Å². The Kier molecular flexibility index (Phi) is 12.9. The molecule has 0 N–H and O–H groups in total. The monoisotopic (exact) mass is 676 g/mol. The molecule has 0 aliphatic heterocycles. The number of benzene rings is 5. The van der Waals surface area contributed by atoms with E-state index in [9.17, 15) is 9.59 Å². The van der Waals surface area contributed by atoms with Gasteiger partial charge < -0.3 is 33.2 Å². The van der Waals surface area contributed by atoms with Crippen LogP contribution in [0.2, 0.25) is 0 Å². The van der Waals surface area contributed by atoms with Crippen LogP contribution in [0, 0.1) is 0 Å². The average molecular weight is 677 g/mol. The molecule has 0 amide bonds. The molecule has 50 heavy (non-hydrogen) atoms. The summed E-state index contributed by atoms with van der Waals surface area (Å²) in [5.41, 5.74) is 1.25. The van der Waals surface area contributed by atoms with Gasteiger partial charge in [0.25, 0.3) is 0 Å². The van der Waals surface area contributed by atoms with E-state index in [0.29, 0.717) is 48.2 Å². The predicted molar refractivity (Wildman–Crippen MR) is 192 cm³/mol. The Hall–Kier alpha value is -5.80. The van der Waals surface area contributed by atoms with Crippen LogP contribution in [0.4, 0.5) is 0 Å². The van der Waals surface area contributed by atoms with Gasteiger partial charge in [0.15, 0.2) is 6.79 Å². The third-order valence-electron chi connectivity index (χ3n) is 7.64. The maximum absolute atomic E-state index is 13.1. The van der Waals surface area contributed by atoms with Crippen molar-refractivity contribution in [1.82, 2.24) is 0 Å². The van der Waals surface area contributed by atoms with Gasteiger partial charge >= 0.3 is 11.9 Å². The number of fused-ring (bicyclic) bond motifs is 2. The normalized spacial score (nSPS) is 10.7. The van der Waals surface area contributed by atoms with Crippen LogP contribution in [-0.2, 0) is 20.7 Å². The maximum atomic E-state index is 13.1. The van der Waals surface area contributed by atoms with Gasteiger partial charge in [0.1, 0.15) is 28.7 Å². The fourth-order valence-electron chi connectivity index (χ4n) is 5.14. The fourth-order valence-corrected chi connectivity index (χ4v) is 5.14. The highest BCUT2D eigenvalue weighted by molar-refractivity contribution is 5.97. The van der Waals surface area contributed by atoms with E-state index in [-0.39, 0.29) is 13.6 Å². The van der Waals surface area contributed by atoms with E-state index in [2.05, 4.69) is 20.1 Å². The van der Waals surface area contributed by atoms with E-state index in [0.717, 1.165) is 58.2 Å². The molecule has 0 aliphatic rings. The number of ether oxygens (including phenoxy) is 7. The molecular formula is C41H40O9. The Labute approximate surface area is 291 Å². The Morgan fingerprint density at radius 2 is 1.24 bits per heavy atom. The Balaban J connectivity index is 1.13. The second-order valence-electron chi connectivity index (χ2n) is 11.3. The number of esters is 2. The molecule has 0 spiro atoms. The molecule has 0 heterocycles. The number of carbonyl (C=O) groups is 2. The lowest BCUT2D eigenvalue weighted by atomic mass is 10.1. The third kappa shape index (κ3) is 10.1. The minimum absolute atomic E-state index is 0.00637. The van der Waals surface area contributed by atoms with Crippen molar-refractivity contribution in [2.24, 2.45) is 0 Å². The van der Waals surface area contributed by atoms with Crippen LogP contribution >= 0.6 is 0 Å². The third-order valence-corrected chi connectivity index (χ3v) is 7.64. The molecule has 0 unspecified atom stereocenters. The van der Waals surface area contributed by atoms with Crippen molar-refractivity contribution in [3.8, 4) is 28.7 Å². The summed E-state index contributed by atoms with van der Waals surface area (Å²) in [6.45, 7) is 10.4. The van der Waals surface area contributed by atoms with Gasteiger partial charge in [0.2, 0.25) is 6.79 Å². The molecular weight excluding hydrogens is 636 g/mol. The second-order valence-corrected chi connectivity index (χ2v) is 11.3. The lowest BCUT2D eigenvalue weighted by Gasteiger charge is -2.14. The number of unbranched alkanes of at least 4 members (excludes halogenated alkanes) is 1. The van der Waals surface area contributed by atoms with Gasteiger partial charge in [-0.3, -0.25) is 0 Å². The largest absolute Gasteiger partial charge is 0.494 e. The molecule has 0 radical (unpaired) electrons. The lowest BCUT2D eigenvalue weighted by molar-refractivity contribution is -0.128. The quantitative estimate of drug-likeness (QED) is 0.0212. The summed E-state index contributed by atoms with van der Waals surface area (Å²) in [5, 5.41) is 3.68. The van der Waals surface area contributed by atoms with Gasteiger partial charge in [-0.25, -0.2) is 9.59 Å². The van der Waals surface area contributed by atoms with Crippen molar-refractivity contribution in [2.45, 2.75) is 32.6 Å². The van der Waals surface area contributed by atoms with Gasteiger partial charge in [0, 0.05) is 6.08 Å². The van der Waals surface area contributed by atoms with E-state index in [1.165, 1.54) is 6.26 Å². The second kappa shape index (κ2) is 18.1. The van der Waals surface area contributed by atoms with E-state index in [4.69, 9.17) is 33.2 Å². The Bertz CT molecular complexity index is 1950. The summed E-state index contributed by atoms with van der Waals surface area (Å²) in [5.74, 6) is 1.94. The molecule has 0 atom stereocenters. The number of rotatable bonds is 19. The smallest absolute Gasteiger partial charge is 0.343 e. The molecule has 5 rings (SSSR count). The zero-order valence-electron chi connectivity index (χ0n) is 28.1. The highest BCUT2D eigenvalue weighted by Crippen LogP contribution is 2.29. The van der Waals surface area contributed by atoms with Crippen molar-refractivity contribution in [3.63, 3.8) is 0 Å². The Morgan fingerprint density at radius 1 is 0.640 bits per heavy atom. The molecule has 0 aromatic heterocycles. The highest BCUT2D eigenvalue weighted by atomic mass is 16.7. The molecule has 5 aromatic rings. The summed E-state index contributed by atoms with van der Waals surface area (Å²) in [7, 11) is 0. The summed E-state index contributed by atoms with van der Waals surface area (Å²) >= 11 is 0. The first-order valence-electron chi connectivity index (χ1n) is 16.4. The minimum Gasteiger partial charge on any atom is -0.494 e. The van der Waals surface area contributed by atoms with Crippen LogP contribution in [0.1, 0.15) is 42.1 Å². The van der Waals surface area contributed by atoms with Gasteiger partial charge in [-0.05, 0) is 113 Å². The first-order valence-corrected chi connectivity index (χ1v) is 16.4. The standard InChI is InChI=1S/C41H40O9/c1-4-9-33-26-37(18-19-39(33)50-41(43)34-11-10-30-25-38(49-40(42)5-2)17-14-29(30)22-34)48-28-47-36-16-13-31-23-35(15-12-32(31)24-36)46-21-8-7-20-45-27-44-6-3/h5-6,10-19,22-26H,2-4,7-9,20-21,27-28H2,1H3. The summed E-state index contributed by atoms with van der Waals surface area (Å²) in [6.07, 6.45) is 5.76. The molecule has 9 nitrogen and oxygen atoms in total. The van der Waals surface area contributed by atoms with E-state index in [1.807, 2.05) is 42.5 Å². The van der Waals surface area contributed by atoms with Gasteiger partial charge in [-0.15, -0.1) is 0 Å². The van der Waals surface area contributed by atoms with Crippen LogP contribution in [0.5, 0.6) is 28.7 Å². The zero-order valence-corrected chi connectivity index (χ0v) is 28.1. The predicted octanol–water partition coefficient (Wildman–Crippen LogP) is 8.96. The molecule has 0 saturated carbocycles. The SMILES string of the molecule is C=COCOCCCCOc1ccc2cc(OCOc3ccc(OC(=O)c4ccc5cc(OC(=O)C=C)ccc5c4)c(CCC)c3)ccc2c1. The first-order chi connectivity index (χ1) is 24.4. The zero-order chi connectivity index (χ0) is 35.1. The average Bonchev–Trinajstić information content (AvgIpc) is 3.13. The van der Waals surface area contributed by atoms with Crippen molar-refractivity contribution in [1.29, 1.82) is 0 Å². The number of aryl methyl sites for hydroxylation is 1. The van der Waals surface area contributed by atoms with Crippen molar-refractivity contribution < 1.29 is 42.7 Å². The molecule has 0 fully saturated rings. The van der Waals surface area contributed by atoms with E-state index in [1.54, 1.807) is 48.5 Å². The first kappa shape index (κ1) is 35.5. The minimum atomic E-state index is -0.538. The van der Waals surface area contributed by atoms with Crippen molar-refractivity contribution >= 4 is 33.5 Å². The van der Waals surface area contributed by atoms with Crippen LogP contribution < -0.4 is 23.7 Å². The molecule has 0 aliphatic carbocycles. The van der Waals surface area contributed by atoms with Crippen LogP contribution in [0.3, 0.4) is 0 Å². The summed E-state index contributed by atoms with van der Waals surface area (Å²) in [4.78, 5) is 24.6. The number of hydrogen-bond donors (Lipinski definition) is 0. The summed E-state index contributed by atoms with van der Waals surface area (Å²) < 4.78 is 39.0. The van der Waals surface area contributed by atoms with Crippen LogP contribution in [0.15, 0.2) is 116 Å². The number of carbonyl (C=O) groups excluding carboxylic acids is 2. The number of hydrogen-bond acceptors (Lipinski definition) is 9. The molecule has 0 saturated heterocycles. The van der Waals surface area contributed by atoms with Crippen molar-refractivity contribution in [3.05, 3.63) is 128 Å². The topological polar surface area (TPSA) is 98.8 Å².